The second kappa shape index (κ2) is 9.60. The summed E-state index contributed by atoms with van der Waals surface area (Å²) in [6.07, 6.45) is 1.62. The minimum Gasteiger partial charge on any atom is -0.504 e. The lowest BCUT2D eigenvalue weighted by Gasteiger charge is -2.24. The van der Waals surface area contributed by atoms with Gasteiger partial charge in [-0.05, 0) is 49.1 Å². The Hall–Kier alpha value is -3.95. The van der Waals surface area contributed by atoms with Crippen molar-refractivity contribution in [1.82, 2.24) is 4.57 Å². The number of rotatable bonds is 5. The van der Waals surface area contributed by atoms with E-state index in [0.717, 1.165) is 10.4 Å². The Kier molecular flexibility index (Phi) is 6.34. The third-order valence-electron chi connectivity index (χ3n) is 6.01. The van der Waals surface area contributed by atoms with Crippen molar-refractivity contribution in [2.75, 3.05) is 12.4 Å². The number of fused-ring (bicyclic) bond motifs is 1. The molecule has 0 spiro atoms. The van der Waals surface area contributed by atoms with E-state index in [1.54, 1.807) is 35.8 Å². The average Bonchev–Trinajstić information content (AvgIpc) is 3.49. The molecule has 1 aliphatic heterocycles. The van der Waals surface area contributed by atoms with E-state index in [0.29, 0.717) is 37.6 Å². The van der Waals surface area contributed by atoms with Crippen molar-refractivity contribution >= 4 is 40.3 Å². The highest BCUT2D eigenvalue weighted by Crippen LogP contribution is 2.34. The number of thiazole rings is 1. The topological polar surface area (TPSA) is 92.9 Å². The molecule has 0 saturated carbocycles. The number of hydrogen-bond donors (Lipinski definition) is 2. The summed E-state index contributed by atoms with van der Waals surface area (Å²) in [6, 6.07) is 15.8. The number of aryl methyl sites for hydroxylation is 1. The molecule has 3 heterocycles. The van der Waals surface area contributed by atoms with Crippen LogP contribution < -0.4 is 24.9 Å². The molecule has 2 N–H and O–H groups in total. The molecule has 1 atom stereocenters. The molecule has 1 amide bonds. The molecule has 4 aromatic rings. The number of benzene rings is 2. The Morgan fingerprint density at radius 3 is 2.67 bits per heavy atom. The summed E-state index contributed by atoms with van der Waals surface area (Å²) < 4.78 is 7.16. The van der Waals surface area contributed by atoms with E-state index >= 15 is 0 Å². The molecule has 9 heteroatoms. The molecule has 5 rings (SSSR count). The fourth-order valence-corrected chi connectivity index (χ4v) is 6.05. The van der Waals surface area contributed by atoms with Gasteiger partial charge in [-0.1, -0.05) is 47.7 Å². The predicted octanol–water partition coefficient (Wildman–Crippen LogP) is 3.96. The highest BCUT2D eigenvalue weighted by Gasteiger charge is 2.33. The first-order valence-corrected chi connectivity index (χ1v) is 12.9. The maximum Gasteiger partial charge on any atom is 0.271 e. The molecule has 0 aliphatic carbocycles. The van der Waals surface area contributed by atoms with Crippen molar-refractivity contribution in [3.8, 4) is 11.5 Å². The van der Waals surface area contributed by atoms with Gasteiger partial charge < -0.3 is 15.2 Å². The van der Waals surface area contributed by atoms with Gasteiger partial charge in [0.25, 0.3) is 11.5 Å². The smallest absolute Gasteiger partial charge is 0.271 e. The number of aromatic nitrogens is 1. The van der Waals surface area contributed by atoms with E-state index in [9.17, 15) is 14.7 Å². The third kappa shape index (κ3) is 4.16. The highest BCUT2D eigenvalue weighted by molar-refractivity contribution is 7.10. The minimum atomic E-state index is -0.619. The number of nitrogens with one attached hydrogen (secondary N) is 1. The van der Waals surface area contributed by atoms with E-state index < -0.39 is 6.04 Å². The molecule has 2 aromatic heterocycles. The summed E-state index contributed by atoms with van der Waals surface area (Å²) in [5, 5.41) is 15.4. The molecule has 1 aliphatic rings. The van der Waals surface area contributed by atoms with Gasteiger partial charge >= 0.3 is 0 Å². The molecule has 36 heavy (non-hydrogen) atoms. The Balaban J connectivity index is 1.66. The summed E-state index contributed by atoms with van der Waals surface area (Å²) >= 11 is 2.70. The van der Waals surface area contributed by atoms with Crippen LogP contribution in [0.5, 0.6) is 11.5 Å². The molecule has 0 unspecified atom stereocenters. The van der Waals surface area contributed by atoms with Gasteiger partial charge in [0, 0.05) is 16.1 Å². The fourth-order valence-electron chi connectivity index (χ4n) is 4.19. The average molecular weight is 518 g/mol. The van der Waals surface area contributed by atoms with Crippen LogP contribution in [0.2, 0.25) is 0 Å². The normalized spacial score (nSPS) is 15.4. The number of carbonyl (C=O) groups is 1. The van der Waals surface area contributed by atoms with Crippen LogP contribution >= 0.6 is 22.7 Å². The largest absolute Gasteiger partial charge is 0.504 e. The van der Waals surface area contributed by atoms with Gasteiger partial charge in [0.2, 0.25) is 0 Å². The van der Waals surface area contributed by atoms with E-state index in [-0.39, 0.29) is 17.2 Å². The molecule has 7 nitrogen and oxygen atoms in total. The Morgan fingerprint density at radius 1 is 1.14 bits per heavy atom. The van der Waals surface area contributed by atoms with Gasteiger partial charge in [-0.2, -0.15) is 0 Å². The van der Waals surface area contributed by atoms with Gasteiger partial charge in [-0.15, -0.1) is 11.3 Å². The van der Waals surface area contributed by atoms with E-state index in [1.165, 1.54) is 29.8 Å². The molecule has 2 aromatic carbocycles. The fraction of sp³-hybridized carbons (Fsp3) is 0.148. The summed E-state index contributed by atoms with van der Waals surface area (Å²) in [7, 11) is 1.47. The van der Waals surface area contributed by atoms with Crippen LogP contribution in [0.3, 0.4) is 0 Å². The number of methoxy groups -OCH3 is 1. The van der Waals surface area contributed by atoms with Crippen LogP contribution in [0.4, 0.5) is 5.69 Å². The number of phenolic OH excluding ortho intramolecular Hbond substituents is 1. The van der Waals surface area contributed by atoms with Crippen molar-refractivity contribution in [3.63, 3.8) is 0 Å². The van der Waals surface area contributed by atoms with Crippen molar-refractivity contribution < 1.29 is 14.6 Å². The maximum absolute atomic E-state index is 13.7. The van der Waals surface area contributed by atoms with Crippen LogP contribution in [0, 0.1) is 6.92 Å². The van der Waals surface area contributed by atoms with Gasteiger partial charge in [0.05, 0.1) is 22.9 Å². The molecular formula is C27H23N3O4S2. The zero-order chi connectivity index (χ0) is 25.4. The lowest BCUT2D eigenvalue weighted by Crippen LogP contribution is -2.40. The third-order valence-corrected chi connectivity index (χ3v) is 7.92. The molecule has 182 valence electrons. The number of phenols is 1. The van der Waals surface area contributed by atoms with E-state index in [4.69, 9.17) is 4.74 Å². The number of para-hydroxylation sites is 2. The van der Waals surface area contributed by atoms with Crippen molar-refractivity contribution in [2.24, 2.45) is 4.99 Å². The number of allylic oxidation sites excluding steroid dienone is 1. The number of anilines is 1. The number of thiophene rings is 1. The molecule has 0 radical (unpaired) electrons. The Morgan fingerprint density at radius 2 is 1.94 bits per heavy atom. The number of amides is 1. The lowest BCUT2D eigenvalue weighted by atomic mass is 10.0. The number of aromatic hydroxyl groups is 1. The zero-order valence-corrected chi connectivity index (χ0v) is 21.4. The first-order chi connectivity index (χ1) is 17.4. The quantitative estimate of drug-likeness (QED) is 0.419. The number of hydrogen-bond acceptors (Lipinski definition) is 7. The summed E-state index contributed by atoms with van der Waals surface area (Å²) in [4.78, 5) is 33.3. The van der Waals surface area contributed by atoms with Crippen LogP contribution in [-0.4, -0.2) is 22.7 Å². The van der Waals surface area contributed by atoms with Crippen LogP contribution in [0.25, 0.3) is 6.08 Å². The summed E-state index contributed by atoms with van der Waals surface area (Å²) in [6.45, 7) is 3.72. The summed E-state index contributed by atoms with van der Waals surface area (Å²) in [5.74, 6) is -0.0298. The monoisotopic (exact) mass is 517 g/mol. The first-order valence-electron chi connectivity index (χ1n) is 11.2. The second-order valence-corrected chi connectivity index (χ2v) is 10.3. The summed E-state index contributed by atoms with van der Waals surface area (Å²) in [5.41, 5.74) is 2.79. The maximum atomic E-state index is 13.7. The standard InChI is InChI=1S/C27H23N3O4S2/c1-15-8-4-5-10-18(15)29-25(32)22-16(2)28-27-30(23(22)20-12-7-13-35-20)26(33)21(36-27)14-17-9-6-11-19(34-3)24(17)31/h4-14,23,31H,1-3H3,(H,29,32)/b21-14+/t23-/m1/s1. The highest BCUT2D eigenvalue weighted by atomic mass is 32.1. The van der Waals surface area contributed by atoms with Gasteiger partial charge in [0.15, 0.2) is 16.3 Å². The lowest BCUT2D eigenvalue weighted by molar-refractivity contribution is -0.113. The zero-order valence-electron chi connectivity index (χ0n) is 19.8. The molecule has 0 bridgehead atoms. The Labute approximate surface area is 215 Å². The van der Waals surface area contributed by atoms with Crippen molar-refractivity contribution in [3.05, 3.63) is 107 Å². The Bertz CT molecular complexity index is 1680. The predicted molar refractivity (Wildman–Crippen MR) is 143 cm³/mol. The number of nitrogens with zero attached hydrogens (tertiary/aromatic N) is 2. The van der Waals surface area contributed by atoms with Crippen molar-refractivity contribution in [1.29, 1.82) is 0 Å². The SMILES string of the molecule is COc1cccc(/C=c2/sc3n(c2=O)[C@H](c2cccs2)C(C(=O)Nc2ccccc2C)=C(C)N=3)c1O. The molecule has 0 fully saturated rings. The number of carbonyl (C=O) groups excluding carboxylic acids is 1. The van der Waals surface area contributed by atoms with Crippen LogP contribution in [-0.2, 0) is 4.79 Å². The van der Waals surface area contributed by atoms with Gasteiger partial charge in [-0.25, -0.2) is 4.99 Å². The molecular weight excluding hydrogens is 494 g/mol. The van der Waals surface area contributed by atoms with Crippen LogP contribution in [0.15, 0.2) is 81.0 Å². The molecule has 0 saturated heterocycles. The van der Waals surface area contributed by atoms with Crippen molar-refractivity contribution in [2.45, 2.75) is 19.9 Å². The second-order valence-electron chi connectivity index (χ2n) is 8.26. The first kappa shape index (κ1) is 23.8. The number of ether oxygens (including phenoxy) is 1. The van der Waals surface area contributed by atoms with Gasteiger partial charge in [-0.3, -0.25) is 14.2 Å². The minimum absolute atomic E-state index is 0.0462. The van der Waals surface area contributed by atoms with E-state index in [1.807, 2.05) is 48.7 Å². The van der Waals surface area contributed by atoms with E-state index in [2.05, 4.69) is 10.3 Å². The van der Waals surface area contributed by atoms with Crippen LogP contribution in [0.1, 0.15) is 29.0 Å². The van der Waals surface area contributed by atoms with Gasteiger partial charge in [0.1, 0.15) is 6.04 Å².